The summed E-state index contributed by atoms with van der Waals surface area (Å²) < 4.78 is 28.4. The van der Waals surface area contributed by atoms with Crippen molar-refractivity contribution in [3.63, 3.8) is 0 Å². The summed E-state index contributed by atoms with van der Waals surface area (Å²) in [5.74, 6) is -0.485. The number of amides is 1. The Morgan fingerprint density at radius 2 is 1.72 bits per heavy atom. The molecule has 0 aromatic heterocycles. The summed E-state index contributed by atoms with van der Waals surface area (Å²) in [6, 6.07) is 13.0. The normalized spacial score (nSPS) is 10.2. The van der Waals surface area contributed by atoms with Crippen LogP contribution in [0.5, 0.6) is 5.75 Å². The number of ether oxygens (including phenoxy) is 1. The molecule has 0 unspecified atom stereocenters. The van der Waals surface area contributed by atoms with E-state index in [0.29, 0.717) is 0 Å². The molecule has 0 fully saturated rings. The number of halogens is 2. The summed E-state index contributed by atoms with van der Waals surface area (Å²) in [6.45, 7) is -0.841. The van der Waals surface area contributed by atoms with E-state index in [4.69, 9.17) is 12.2 Å². The number of alkyl halides is 2. The molecule has 0 atom stereocenters. The van der Waals surface area contributed by atoms with Gasteiger partial charge >= 0.3 is 6.61 Å². The Morgan fingerprint density at radius 3 is 2.28 bits per heavy atom. The van der Waals surface area contributed by atoms with Crippen LogP contribution in [0.15, 0.2) is 48.5 Å². The second-order valence-corrected chi connectivity index (χ2v) is 5.39. The highest BCUT2D eigenvalue weighted by molar-refractivity contribution is 7.80. The third-order valence-electron chi connectivity index (χ3n) is 3.25. The molecule has 25 heavy (non-hydrogen) atoms. The average molecular weight is 365 g/mol. The van der Waals surface area contributed by atoms with Gasteiger partial charge in [0.25, 0.3) is 5.91 Å². The fourth-order valence-electron chi connectivity index (χ4n) is 1.96. The van der Waals surface area contributed by atoms with E-state index in [1.54, 1.807) is 0 Å². The molecule has 0 radical (unpaired) electrons. The fourth-order valence-corrected chi connectivity index (χ4v) is 2.13. The van der Waals surface area contributed by atoms with Crippen molar-refractivity contribution in [2.75, 3.05) is 5.32 Å². The maximum atomic E-state index is 12.1. The highest BCUT2D eigenvalue weighted by Crippen LogP contribution is 2.14. The highest BCUT2D eigenvalue weighted by Gasteiger charge is 2.08. The van der Waals surface area contributed by atoms with Crippen LogP contribution < -0.4 is 20.9 Å². The Hall–Kier alpha value is -2.74. The lowest BCUT2D eigenvalue weighted by atomic mass is 10.1. The Bertz CT molecular complexity index is 722. The smallest absolute Gasteiger partial charge is 0.387 e. The number of rotatable bonds is 5. The molecule has 5 nitrogen and oxygen atoms in total. The van der Waals surface area contributed by atoms with Crippen LogP contribution in [-0.4, -0.2) is 17.6 Å². The predicted molar refractivity (Wildman–Crippen MR) is 95.7 cm³/mol. The summed E-state index contributed by atoms with van der Waals surface area (Å²) in [4.78, 5) is 12.0. The van der Waals surface area contributed by atoms with Crippen molar-refractivity contribution in [3.05, 3.63) is 59.7 Å². The van der Waals surface area contributed by atoms with Gasteiger partial charge in [-0.25, -0.2) is 0 Å². The van der Waals surface area contributed by atoms with Crippen LogP contribution in [0.4, 0.5) is 14.5 Å². The molecule has 132 valence electrons. The molecular weight excluding hydrogens is 348 g/mol. The predicted octanol–water partition coefficient (Wildman–Crippen LogP) is 3.48. The van der Waals surface area contributed by atoms with E-state index in [1.807, 2.05) is 24.3 Å². The number of carbonyl (C=O) groups is 1. The average Bonchev–Trinajstić information content (AvgIpc) is 2.60. The molecule has 2 aromatic rings. The van der Waals surface area contributed by atoms with Gasteiger partial charge in [-0.15, -0.1) is 0 Å². The van der Waals surface area contributed by atoms with Gasteiger partial charge in [-0.3, -0.25) is 15.6 Å². The number of anilines is 1. The van der Waals surface area contributed by atoms with E-state index in [0.717, 1.165) is 12.1 Å². The quantitative estimate of drug-likeness (QED) is 0.559. The van der Waals surface area contributed by atoms with Gasteiger partial charge < -0.3 is 10.1 Å². The summed E-state index contributed by atoms with van der Waals surface area (Å²) in [5.41, 5.74) is 7.26. The molecule has 2 aromatic carbocycles. The van der Waals surface area contributed by atoms with Crippen molar-refractivity contribution >= 4 is 28.9 Å². The first-order chi connectivity index (χ1) is 12.0. The number of hydrogen-bond donors (Lipinski definition) is 3. The van der Waals surface area contributed by atoms with Crippen molar-refractivity contribution in [3.8, 4) is 5.75 Å². The molecule has 0 heterocycles. The number of hydrazine groups is 1. The van der Waals surface area contributed by atoms with E-state index in [-0.39, 0.29) is 16.4 Å². The minimum Gasteiger partial charge on any atom is -0.435 e. The van der Waals surface area contributed by atoms with E-state index < -0.39 is 12.5 Å². The maximum absolute atomic E-state index is 12.1. The molecule has 0 bridgehead atoms. The zero-order valence-electron chi connectivity index (χ0n) is 13.4. The zero-order chi connectivity index (χ0) is 18.2. The Kier molecular flexibility index (Phi) is 6.64. The van der Waals surface area contributed by atoms with Gasteiger partial charge in [-0.05, 0) is 60.6 Å². The first-order valence-electron chi connectivity index (χ1n) is 7.49. The third kappa shape index (κ3) is 6.00. The topological polar surface area (TPSA) is 62.4 Å². The summed E-state index contributed by atoms with van der Waals surface area (Å²) >= 11 is 5.09. The maximum Gasteiger partial charge on any atom is 0.387 e. The van der Waals surface area contributed by atoms with Crippen molar-refractivity contribution in [1.82, 2.24) is 10.9 Å². The van der Waals surface area contributed by atoms with Crippen LogP contribution >= 0.6 is 12.2 Å². The molecule has 8 heteroatoms. The lowest BCUT2D eigenvalue weighted by Crippen LogP contribution is -2.43. The molecule has 0 saturated heterocycles. The van der Waals surface area contributed by atoms with Crippen molar-refractivity contribution < 1.29 is 18.3 Å². The minimum atomic E-state index is -2.91. The van der Waals surface area contributed by atoms with Crippen LogP contribution in [0, 0.1) is 0 Å². The Balaban J connectivity index is 1.83. The van der Waals surface area contributed by atoms with Gasteiger partial charge in [-0.1, -0.05) is 19.1 Å². The van der Waals surface area contributed by atoms with Crippen LogP contribution in [0.2, 0.25) is 0 Å². The third-order valence-corrected chi connectivity index (χ3v) is 3.46. The fraction of sp³-hybridized carbons (Fsp3) is 0.176. The van der Waals surface area contributed by atoms with E-state index in [2.05, 4.69) is 27.8 Å². The van der Waals surface area contributed by atoms with Crippen LogP contribution in [0.1, 0.15) is 22.8 Å². The lowest BCUT2D eigenvalue weighted by molar-refractivity contribution is -0.0498. The van der Waals surface area contributed by atoms with Crippen LogP contribution in [-0.2, 0) is 6.42 Å². The number of hydrogen-bond acceptors (Lipinski definition) is 3. The second-order valence-electron chi connectivity index (χ2n) is 4.99. The number of benzene rings is 2. The monoisotopic (exact) mass is 365 g/mol. The first-order valence-corrected chi connectivity index (χ1v) is 7.90. The van der Waals surface area contributed by atoms with Crippen LogP contribution in [0.25, 0.3) is 0 Å². The molecule has 1 amide bonds. The van der Waals surface area contributed by atoms with E-state index >= 15 is 0 Å². The van der Waals surface area contributed by atoms with Crippen molar-refractivity contribution in [1.29, 1.82) is 0 Å². The standard InChI is InChI=1S/C17H17F2N3O2S/c1-2-11-3-7-13(8-4-11)20-17(25)22-21-15(23)12-5-9-14(10-6-12)24-16(18)19/h3-10,16H,2H2,1H3,(H,21,23)(H2,20,22,25). The number of thiocarbonyl (C=S) groups is 1. The Morgan fingerprint density at radius 1 is 1.08 bits per heavy atom. The number of nitrogens with one attached hydrogen (secondary N) is 3. The largest absolute Gasteiger partial charge is 0.435 e. The van der Waals surface area contributed by atoms with Gasteiger partial charge in [0.15, 0.2) is 5.11 Å². The Labute approximate surface area is 149 Å². The molecular formula is C17H17F2N3O2S. The zero-order valence-corrected chi connectivity index (χ0v) is 14.2. The number of carbonyl (C=O) groups excluding carboxylic acids is 1. The molecule has 0 aliphatic carbocycles. The van der Waals surface area contributed by atoms with Crippen molar-refractivity contribution in [2.24, 2.45) is 0 Å². The SMILES string of the molecule is CCc1ccc(NC(=S)NNC(=O)c2ccc(OC(F)F)cc2)cc1. The lowest BCUT2D eigenvalue weighted by Gasteiger charge is -2.12. The minimum absolute atomic E-state index is 0.0211. The molecule has 2 rings (SSSR count). The molecule has 0 aliphatic heterocycles. The first kappa shape index (κ1) is 18.6. The molecule has 0 spiro atoms. The van der Waals surface area contributed by atoms with Gasteiger partial charge in [0.05, 0.1) is 0 Å². The highest BCUT2D eigenvalue weighted by atomic mass is 32.1. The van der Waals surface area contributed by atoms with Crippen molar-refractivity contribution in [2.45, 2.75) is 20.0 Å². The summed E-state index contributed by atoms with van der Waals surface area (Å²) in [5, 5.41) is 3.15. The second kappa shape index (κ2) is 8.93. The van der Waals surface area contributed by atoms with Gasteiger partial charge in [0, 0.05) is 11.3 Å². The number of aryl methyl sites for hydroxylation is 1. The van der Waals surface area contributed by atoms with Gasteiger partial charge in [0.1, 0.15) is 5.75 Å². The molecule has 3 N–H and O–H groups in total. The molecule has 0 aliphatic rings. The summed E-state index contributed by atoms with van der Waals surface area (Å²) in [6.07, 6.45) is 0.945. The van der Waals surface area contributed by atoms with E-state index in [1.165, 1.54) is 29.8 Å². The van der Waals surface area contributed by atoms with Gasteiger partial charge in [-0.2, -0.15) is 8.78 Å². The van der Waals surface area contributed by atoms with Gasteiger partial charge in [0.2, 0.25) is 0 Å². The summed E-state index contributed by atoms with van der Waals surface area (Å²) in [7, 11) is 0. The molecule has 0 saturated carbocycles. The van der Waals surface area contributed by atoms with Crippen LogP contribution in [0.3, 0.4) is 0 Å². The van der Waals surface area contributed by atoms with E-state index in [9.17, 15) is 13.6 Å².